The van der Waals surface area contributed by atoms with Crippen LogP contribution in [-0.2, 0) is 0 Å². The van der Waals surface area contributed by atoms with Crippen LogP contribution in [0.25, 0.3) is 10.8 Å². The summed E-state index contributed by atoms with van der Waals surface area (Å²) in [7, 11) is 1.69. The van der Waals surface area contributed by atoms with Crippen LogP contribution in [0, 0.1) is 0 Å². The van der Waals surface area contributed by atoms with E-state index in [1.54, 1.807) is 7.11 Å². The van der Waals surface area contributed by atoms with Crippen molar-refractivity contribution in [1.29, 1.82) is 0 Å². The van der Waals surface area contributed by atoms with Gasteiger partial charge in [0, 0.05) is 0 Å². The zero-order valence-corrected chi connectivity index (χ0v) is 10.4. The highest BCUT2D eigenvalue weighted by Crippen LogP contribution is 2.26. The minimum atomic E-state index is 0.520. The molecule has 0 amide bonds. The van der Waals surface area contributed by atoms with Gasteiger partial charge in [0.25, 0.3) is 0 Å². The maximum Gasteiger partial charge on any atom is 0.119 e. The van der Waals surface area contributed by atoms with Crippen LogP contribution < -0.4 is 10.5 Å². The lowest BCUT2D eigenvalue weighted by atomic mass is 9.95. The number of hydrogen-bond donors (Lipinski definition) is 1. The quantitative estimate of drug-likeness (QED) is 0.873. The number of rotatable bonds is 4. The summed E-state index contributed by atoms with van der Waals surface area (Å²) in [5, 5.41) is 2.47. The number of fused-ring (bicyclic) bond motifs is 1. The van der Waals surface area contributed by atoms with Gasteiger partial charge in [-0.05, 0) is 47.4 Å². The average molecular weight is 229 g/mol. The summed E-state index contributed by atoms with van der Waals surface area (Å²) in [6.45, 7) is 2.96. The highest BCUT2D eigenvalue weighted by atomic mass is 16.5. The van der Waals surface area contributed by atoms with Crippen LogP contribution in [-0.4, -0.2) is 13.7 Å². The zero-order valence-electron chi connectivity index (χ0n) is 10.4. The van der Waals surface area contributed by atoms with Gasteiger partial charge in [0.1, 0.15) is 5.75 Å². The molecule has 0 saturated carbocycles. The maximum atomic E-state index is 5.60. The second-order valence-corrected chi connectivity index (χ2v) is 4.45. The third-order valence-electron chi connectivity index (χ3n) is 3.24. The molecule has 0 saturated heterocycles. The van der Waals surface area contributed by atoms with E-state index in [-0.39, 0.29) is 0 Å². The molecule has 2 aromatic rings. The van der Waals surface area contributed by atoms with Crippen molar-refractivity contribution in [1.82, 2.24) is 0 Å². The second kappa shape index (κ2) is 5.19. The van der Waals surface area contributed by atoms with Gasteiger partial charge in [0.2, 0.25) is 0 Å². The summed E-state index contributed by atoms with van der Waals surface area (Å²) in [6.07, 6.45) is 1.03. The van der Waals surface area contributed by atoms with Gasteiger partial charge in [-0.2, -0.15) is 0 Å². The Morgan fingerprint density at radius 3 is 2.53 bits per heavy atom. The van der Waals surface area contributed by atoms with E-state index in [2.05, 4.69) is 37.3 Å². The lowest BCUT2D eigenvalue weighted by Gasteiger charge is -2.11. The van der Waals surface area contributed by atoms with E-state index in [1.165, 1.54) is 16.3 Å². The van der Waals surface area contributed by atoms with Gasteiger partial charge in [-0.1, -0.05) is 31.2 Å². The minimum Gasteiger partial charge on any atom is -0.497 e. The SMILES string of the molecule is COc1ccc2cc(C(C)CCN)ccc2c1. The monoisotopic (exact) mass is 229 g/mol. The topological polar surface area (TPSA) is 35.2 Å². The number of benzene rings is 2. The van der Waals surface area contributed by atoms with Crippen LogP contribution in [0.3, 0.4) is 0 Å². The molecule has 0 aliphatic rings. The summed E-state index contributed by atoms with van der Waals surface area (Å²) >= 11 is 0. The molecule has 0 radical (unpaired) electrons. The summed E-state index contributed by atoms with van der Waals surface area (Å²) in [5.41, 5.74) is 6.96. The molecule has 0 bridgehead atoms. The summed E-state index contributed by atoms with van der Waals surface area (Å²) in [6, 6.07) is 12.7. The van der Waals surface area contributed by atoms with Crippen LogP contribution in [0.2, 0.25) is 0 Å². The summed E-state index contributed by atoms with van der Waals surface area (Å²) in [4.78, 5) is 0. The number of hydrogen-bond acceptors (Lipinski definition) is 2. The van der Waals surface area contributed by atoms with Crippen LogP contribution in [0.1, 0.15) is 24.8 Å². The largest absolute Gasteiger partial charge is 0.497 e. The molecule has 0 fully saturated rings. The van der Waals surface area contributed by atoms with Crippen molar-refractivity contribution in [2.75, 3.05) is 13.7 Å². The minimum absolute atomic E-state index is 0.520. The Bertz CT molecular complexity index is 507. The molecule has 0 aliphatic heterocycles. The van der Waals surface area contributed by atoms with E-state index >= 15 is 0 Å². The standard InChI is InChI=1S/C15H19NO/c1-11(7-8-16)12-3-4-14-10-15(17-2)6-5-13(14)9-12/h3-6,9-11H,7-8,16H2,1-2H3. The Kier molecular flexibility index (Phi) is 3.64. The molecule has 0 aliphatic carbocycles. The van der Waals surface area contributed by atoms with Crippen LogP contribution >= 0.6 is 0 Å². The van der Waals surface area contributed by atoms with E-state index in [9.17, 15) is 0 Å². The summed E-state index contributed by atoms with van der Waals surface area (Å²) in [5.74, 6) is 1.42. The highest BCUT2D eigenvalue weighted by Gasteiger charge is 2.05. The smallest absolute Gasteiger partial charge is 0.119 e. The molecule has 2 rings (SSSR count). The fourth-order valence-corrected chi connectivity index (χ4v) is 2.09. The van der Waals surface area contributed by atoms with Crippen LogP contribution in [0.5, 0.6) is 5.75 Å². The molecule has 2 nitrogen and oxygen atoms in total. The van der Waals surface area contributed by atoms with Gasteiger partial charge in [-0.3, -0.25) is 0 Å². The first kappa shape index (κ1) is 11.9. The van der Waals surface area contributed by atoms with Gasteiger partial charge < -0.3 is 10.5 Å². The Morgan fingerprint density at radius 1 is 1.12 bits per heavy atom. The first-order valence-corrected chi connectivity index (χ1v) is 6.02. The van der Waals surface area contributed by atoms with Gasteiger partial charge in [-0.25, -0.2) is 0 Å². The molecule has 1 atom stereocenters. The van der Waals surface area contributed by atoms with E-state index < -0.39 is 0 Å². The third-order valence-corrected chi connectivity index (χ3v) is 3.24. The zero-order chi connectivity index (χ0) is 12.3. The third kappa shape index (κ3) is 2.59. The average Bonchev–Trinajstić information content (AvgIpc) is 2.37. The van der Waals surface area contributed by atoms with E-state index in [0.29, 0.717) is 5.92 Å². The fraction of sp³-hybridized carbons (Fsp3) is 0.333. The molecular weight excluding hydrogens is 210 g/mol. The summed E-state index contributed by atoms with van der Waals surface area (Å²) < 4.78 is 5.22. The first-order valence-electron chi connectivity index (χ1n) is 6.02. The molecule has 2 heteroatoms. The predicted octanol–water partition coefficient (Wildman–Crippen LogP) is 3.30. The molecular formula is C15H19NO. The fourth-order valence-electron chi connectivity index (χ4n) is 2.09. The molecule has 2 aromatic carbocycles. The highest BCUT2D eigenvalue weighted by molar-refractivity contribution is 5.84. The molecule has 2 N–H and O–H groups in total. The van der Waals surface area contributed by atoms with Crippen molar-refractivity contribution >= 4 is 10.8 Å². The maximum absolute atomic E-state index is 5.60. The normalized spacial score (nSPS) is 12.6. The van der Waals surface area contributed by atoms with Crippen molar-refractivity contribution in [3.05, 3.63) is 42.0 Å². The lowest BCUT2D eigenvalue weighted by Crippen LogP contribution is -2.04. The number of methoxy groups -OCH3 is 1. The van der Waals surface area contributed by atoms with E-state index in [4.69, 9.17) is 10.5 Å². The van der Waals surface area contributed by atoms with E-state index in [0.717, 1.165) is 18.7 Å². The lowest BCUT2D eigenvalue weighted by molar-refractivity contribution is 0.415. The molecule has 0 heterocycles. The molecule has 0 spiro atoms. The van der Waals surface area contributed by atoms with Gasteiger partial charge >= 0.3 is 0 Å². The van der Waals surface area contributed by atoms with Crippen molar-refractivity contribution in [2.45, 2.75) is 19.3 Å². The van der Waals surface area contributed by atoms with Crippen molar-refractivity contribution in [3.63, 3.8) is 0 Å². The van der Waals surface area contributed by atoms with Crippen molar-refractivity contribution in [3.8, 4) is 5.75 Å². The molecule has 0 aromatic heterocycles. The number of ether oxygens (including phenoxy) is 1. The van der Waals surface area contributed by atoms with Crippen LogP contribution in [0.15, 0.2) is 36.4 Å². The Labute approximate surface area is 102 Å². The molecule has 1 unspecified atom stereocenters. The molecule has 17 heavy (non-hydrogen) atoms. The van der Waals surface area contributed by atoms with Gasteiger partial charge in [0.15, 0.2) is 0 Å². The Morgan fingerprint density at radius 2 is 1.82 bits per heavy atom. The van der Waals surface area contributed by atoms with Gasteiger partial charge in [-0.15, -0.1) is 0 Å². The second-order valence-electron chi connectivity index (χ2n) is 4.45. The Hall–Kier alpha value is -1.54. The number of nitrogens with two attached hydrogens (primary N) is 1. The first-order chi connectivity index (χ1) is 8.24. The molecule has 90 valence electrons. The Balaban J connectivity index is 2.37. The van der Waals surface area contributed by atoms with Crippen molar-refractivity contribution < 1.29 is 4.74 Å². The van der Waals surface area contributed by atoms with Crippen molar-refractivity contribution in [2.24, 2.45) is 5.73 Å². The van der Waals surface area contributed by atoms with Gasteiger partial charge in [0.05, 0.1) is 7.11 Å². The van der Waals surface area contributed by atoms with Crippen LogP contribution in [0.4, 0.5) is 0 Å². The predicted molar refractivity (Wildman–Crippen MR) is 72.6 cm³/mol. The van der Waals surface area contributed by atoms with E-state index in [1.807, 2.05) is 6.07 Å².